The molecule has 0 aliphatic carbocycles. The van der Waals surface area contributed by atoms with Crippen LogP contribution in [-0.4, -0.2) is 25.6 Å². The summed E-state index contributed by atoms with van der Waals surface area (Å²) in [5.41, 5.74) is 6.08. The molecular weight excluding hydrogens is 502 g/mol. The van der Waals surface area contributed by atoms with Crippen molar-refractivity contribution in [2.75, 3.05) is 17.3 Å². The van der Waals surface area contributed by atoms with Crippen LogP contribution >= 0.6 is 23.8 Å². The van der Waals surface area contributed by atoms with Gasteiger partial charge in [-0.1, -0.05) is 23.7 Å². The third-order valence-electron chi connectivity index (χ3n) is 4.50. The molecule has 0 saturated heterocycles. The van der Waals surface area contributed by atoms with Crippen LogP contribution in [0.3, 0.4) is 0 Å². The highest BCUT2D eigenvalue weighted by Crippen LogP contribution is 2.28. The Morgan fingerprint density at radius 1 is 1.09 bits per heavy atom. The number of nitrogens with one attached hydrogen (secondary N) is 4. The van der Waals surface area contributed by atoms with Crippen LogP contribution in [0.4, 0.5) is 17.1 Å². The number of halogens is 1. The molecule has 0 bridgehead atoms. The molecule has 0 aromatic heterocycles. The molecule has 0 saturated carbocycles. The van der Waals surface area contributed by atoms with Crippen LogP contribution < -0.4 is 25.6 Å². The van der Waals surface area contributed by atoms with Crippen molar-refractivity contribution in [3.8, 4) is 5.75 Å². The van der Waals surface area contributed by atoms with E-state index < -0.39 is 20.6 Å². The molecule has 3 aromatic carbocycles. The molecule has 3 rings (SSSR count). The summed E-state index contributed by atoms with van der Waals surface area (Å²) in [6.45, 7) is 0.410. The van der Waals surface area contributed by atoms with Crippen molar-refractivity contribution in [1.82, 2.24) is 10.7 Å². The van der Waals surface area contributed by atoms with E-state index in [9.17, 15) is 18.5 Å². The first kappa shape index (κ1) is 25.0. The SMILES string of the molecule is COc1ccc(CNC(=S)NNc2ccc(S(=O)(=O)Nc3ccc(Cl)cc3)cc2[N+](=O)[O-])cc1. The van der Waals surface area contributed by atoms with Gasteiger partial charge in [-0.05, 0) is 66.3 Å². The molecule has 178 valence electrons. The van der Waals surface area contributed by atoms with E-state index in [1.54, 1.807) is 7.11 Å². The van der Waals surface area contributed by atoms with Crippen LogP contribution in [0.2, 0.25) is 5.02 Å². The summed E-state index contributed by atoms with van der Waals surface area (Å²) in [5.74, 6) is 0.729. The predicted octanol–water partition coefficient (Wildman–Crippen LogP) is 4.05. The van der Waals surface area contributed by atoms with Crippen molar-refractivity contribution in [2.45, 2.75) is 11.4 Å². The zero-order valence-corrected chi connectivity index (χ0v) is 20.1. The summed E-state index contributed by atoms with van der Waals surface area (Å²) in [5, 5.41) is 15.1. The van der Waals surface area contributed by atoms with Gasteiger partial charge in [-0.15, -0.1) is 0 Å². The second-order valence-corrected chi connectivity index (χ2v) is 9.36. The lowest BCUT2D eigenvalue weighted by Gasteiger charge is -2.14. The maximum absolute atomic E-state index is 12.7. The van der Waals surface area contributed by atoms with E-state index in [-0.39, 0.29) is 21.4 Å². The number of anilines is 2. The number of thiocarbonyl (C=S) groups is 1. The molecule has 34 heavy (non-hydrogen) atoms. The Morgan fingerprint density at radius 2 is 1.76 bits per heavy atom. The molecule has 0 aliphatic rings. The monoisotopic (exact) mass is 521 g/mol. The van der Waals surface area contributed by atoms with E-state index in [2.05, 4.69) is 20.9 Å². The van der Waals surface area contributed by atoms with Crippen LogP contribution in [0, 0.1) is 10.1 Å². The van der Waals surface area contributed by atoms with Gasteiger partial charge in [0.2, 0.25) is 0 Å². The smallest absolute Gasteiger partial charge is 0.295 e. The molecule has 0 amide bonds. The fourth-order valence-electron chi connectivity index (χ4n) is 2.76. The number of methoxy groups -OCH3 is 1. The van der Waals surface area contributed by atoms with Gasteiger partial charge in [0, 0.05) is 23.3 Å². The van der Waals surface area contributed by atoms with E-state index in [0.717, 1.165) is 17.4 Å². The van der Waals surface area contributed by atoms with Gasteiger partial charge in [0.05, 0.1) is 16.9 Å². The summed E-state index contributed by atoms with van der Waals surface area (Å²) in [6.07, 6.45) is 0. The topological polar surface area (TPSA) is 135 Å². The minimum Gasteiger partial charge on any atom is -0.497 e. The van der Waals surface area contributed by atoms with E-state index >= 15 is 0 Å². The number of nitro benzene ring substituents is 1. The van der Waals surface area contributed by atoms with Crippen molar-refractivity contribution in [2.24, 2.45) is 0 Å². The van der Waals surface area contributed by atoms with Crippen LogP contribution in [0.5, 0.6) is 5.75 Å². The number of sulfonamides is 1. The lowest BCUT2D eigenvalue weighted by molar-refractivity contribution is -0.384. The molecule has 0 spiro atoms. The Balaban J connectivity index is 1.65. The third-order valence-corrected chi connectivity index (χ3v) is 6.37. The third kappa shape index (κ3) is 6.70. The Morgan fingerprint density at radius 3 is 2.38 bits per heavy atom. The van der Waals surface area contributed by atoms with Gasteiger partial charge in [-0.25, -0.2) is 8.42 Å². The molecule has 0 radical (unpaired) electrons. The highest BCUT2D eigenvalue weighted by molar-refractivity contribution is 7.92. The molecule has 0 fully saturated rings. The highest BCUT2D eigenvalue weighted by atomic mass is 35.5. The van der Waals surface area contributed by atoms with Crippen LogP contribution in [0.15, 0.2) is 71.6 Å². The Kier molecular flexibility index (Phi) is 8.10. The summed E-state index contributed by atoms with van der Waals surface area (Å²) in [7, 11) is -2.49. The lowest BCUT2D eigenvalue weighted by atomic mass is 10.2. The highest BCUT2D eigenvalue weighted by Gasteiger charge is 2.22. The van der Waals surface area contributed by atoms with Gasteiger partial charge in [-0.2, -0.15) is 0 Å². The molecule has 10 nitrogen and oxygen atoms in total. The van der Waals surface area contributed by atoms with Crippen molar-refractivity contribution >= 4 is 56.0 Å². The molecule has 4 N–H and O–H groups in total. The molecule has 0 aliphatic heterocycles. The average Bonchev–Trinajstić information content (AvgIpc) is 2.82. The molecular formula is C21H20ClN5O5S2. The summed E-state index contributed by atoms with van der Waals surface area (Å²) in [6, 6.07) is 16.8. The predicted molar refractivity (Wildman–Crippen MR) is 135 cm³/mol. The zero-order chi connectivity index (χ0) is 24.7. The van der Waals surface area contributed by atoms with Gasteiger partial charge in [0.15, 0.2) is 5.11 Å². The van der Waals surface area contributed by atoms with Crippen molar-refractivity contribution in [1.29, 1.82) is 0 Å². The van der Waals surface area contributed by atoms with Crippen molar-refractivity contribution in [3.63, 3.8) is 0 Å². The number of hydrazine groups is 1. The molecule has 0 unspecified atom stereocenters. The Hall–Kier alpha value is -3.61. The van der Waals surface area contributed by atoms with E-state index in [1.165, 1.54) is 36.4 Å². The second kappa shape index (κ2) is 11.0. The standard InChI is InChI=1S/C21H20ClN5O5S2/c1-32-17-8-2-14(3-9-17)13-23-21(33)25-24-19-11-10-18(12-20(19)27(28)29)34(30,31)26-16-6-4-15(22)5-7-16/h2-12,24,26H,13H2,1H3,(H2,23,25,33). The molecule has 13 heteroatoms. The van der Waals surface area contributed by atoms with Gasteiger partial charge >= 0.3 is 0 Å². The number of nitrogens with zero attached hydrogens (tertiary/aromatic N) is 1. The summed E-state index contributed by atoms with van der Waals surface area (Å²) >= 11 is 11.0. The lowest BCUT2D eigenvalue weighted by Crippen LogP contribution is -2.38. The average molecular weight is 522 g/mol. The van der Waals surface area contributed by atoms with E-state index in [1.807, 2.05) is 24.3 Å². The van der Waals surface area contributed by atoms with Crippen LogP contribution in [-0.2, 0) is 16.6 Å². The maximum atomic E-state index is 12.7. The van der Waals surface area contributed by atoms with Gasteiger partial charge < -0.3 is 10.1 Å². The van der Waals surface area contributed by atoms with Gasteiger partial charge in [0.1, 0.15) is 11.4 Å². The van der Waals surface area contributed by atoms with Crippen LogP contribution in [0.25, 0.3) is 0 Å². The molecule has 0 atom stereocenters. The first-order chi connectivity index (χ1) is 16.2. The number of hydrogen-bond donors (Lipinski definition) is 4. The largest absolute Gasteiger partial charge is 0.497 e. The fourth-order valence-corrected chi connectivity index (χ4v) is 4.09. The quantitative estimate of drug-likeness (QED) is 0.187. The zero-order valence-electron chi connectivity index (χ0n) is 17.7. The Labute approximate surface area is 206 Å². The second-order valence-electron chi connectivity index (χ2n) is 6.83. The van der Waals surface area contributed by atoms with Crippen LogP contribution in [0.1, 0.15) is 5.56 Å². The number of ether oxygens (including phenoxy) is 1. The van der Waals surface area contributed by atoms with Crippen molar-refractivity contribution < 1.29 is 18.1 Å². The summed E-state index contributed by atoms with van der Waals surface area (Å²) < 4.78 is 32.8. The number of benzene rings is 3. The van der Waals surface area contributed by atoms with Gasteiger partial charge in [-0.3, -0.25) is 25.7 Å². The fraction of sp³-hybridized carbons (Fsp3) is 0.0952. The molecule has 0 heterocycles. The van der Waals surface area contributed by atoms with Gasteiger partial charge in [0.25, 0.3) is 15.7 Å². The van der Waals surface area contributed by atoms with E-state index in [4.69, 9.17) is 28.6 Å². The minimum absolute atomic E-state index is 0.0315. The number of hydrogen-bond acceptors (Lipinski definition) is 7. The maximum Gasteiger partial charge on any atom is 0.295 e. The Bertz CT molecular complexity index is 1290. The summed E-state index contributed by atoms with van der Waals surface area (Å²) in [4.78, 5) is 10.6. The minimum atomic E-state index is -4.07. The normalized spacial score (nSPS) is 10.8. The first-order valence-corrected chi connectivity index (χ1v) is 11.9. The van der Waals surface area contributed by atoms with E-state index in [0.29, 0.717) is 11.6 Å². The van der Waals surface area contributed by atoms with Crippen molar-refractivity contribution in [3.05, 3.63) is 87.4 Å². The number of rotatable bonds is 9. The molecule has 3 aromatic rings. The first-order valence-electron chi connectivity index (χ1n) is 9.67. The number of nitro groups is 1.